The van der Waals surface area contributed by atoms with Gasteiger partial charge in [-0.1, -0.05) is 43.7 Å². The molecule has 3 nitrogen and oxygen atoms in total. The molecule has 2 N–H and O–H groups in total. The molecule has 0 fully saturated rings. The average molecular weight is 259 g/mol. The molecule has 2 atom stereocenters. The topological polar surface area (TPSA) is 45.4 Å². The Bertz CT molecular complexity index is 453. The fourth-order valence-electron chi connectivity index (χ4n) is 2.20. The zero-order chi connectivity index (χ0) is 13.5. The molecule has 19 heavy (non-hydrogen) atoms. The van der Waals surface area contributed by atoms with Crippen molar-refractivity contribution in [2.75, 3.05) is 6.54 Å². The molecule has 0 aliphatic heterocycles. The van der Waals surface area contributed by atoms with Gasteiger partial charge in [0.05, 0.1) is 6.26 Å². The Morgan fingerprint density at radius 1 is 1.16 bits per heavy atom. The van der Waals surface area contributed by atoms with Crippen LogP contribution in [0.15, 0.2) is 53.1 Å². The SMILES string of the molecule is CCCC(NCC(O)c1ccco1)c1ccccc1. The molecule has 1 aromatic carbocycles. The summed E-state index contributed by atoms with van der Waals surface area (Å²) in [6, 6.07) is 14.2. The predicted molar refractivity (Wildman–Crippen MR) is 75.8 cm³/mol. The quantitative estimate of drug-likeness (QED) is 0.800. The molecule has 0 amide bonds. The van der Waals surface area contributed by atoms with Crippen LogP contribution in [-0.4, -0.2) is 11.7 Å². The Kier molecular flexibility index (Phi) is 5.19. The maximum atomic E-state index is 10.0. The number of nitrogens with one attached hydrogen (secondary N) is 1. The maximum Gasteiger partial charge on any atom is 0.133 e. The van der Waals surface area contributed by atoms with E-state index in [1.165, 1.54) is 5.56 Å². The van der Waals surface area contributed by atoms with E-state index in [9.17, 15) is 5.11 Å². The number of hydrogen-bond donors (Lipinski definition) is 2. The van der Waals surface area contributed by atoms with E-state index < -0.39 is 6.10 Å². The van der Waals surface area contributed by atoms with Crippen LogP contribution < -0.4 is 5.32 Å². The highest BCUT2D eigenvalue weighted by atomic mass is 16.4. The second kappa shape index (κ2) is 7.12. The first-order valence-electron chi connectivity index (χ1n) is 6.81. The molecule has 0 aliphatic rings. The predicted octanol–water partition coefficient (Wildman–Crippen LogP) is 3.44. The molecule has 0 saturated carbocycles. The zero-order valence-electron chi connectivity index (χ0n) is 11.3. The fourth-order valence-corrected chi connectivity index (χ4v) is 2.20. The van der Waals surface area contributed by atoms with Crippen LogP contribution >= 0.6 is 0 Å². The van der Waals surface area contributed by atoms with Gasteiger partial charge in [0.1, 0.15) is 11.9 Å². The van der Waals surface area contributed by atoms with Crippen LogP contribution in [0.25, 0.3) is 0 Å². The third-order valence-electron chi connectivity index (χ3n) is 3.21. The lowest BCUT2D eigenvalue weighted by Gasteiger charge is -2.20. The van der Waals surface area contributed by atoms with Gasteiger partial charge in [-0.05, 0) is 24.1 Å². The molecule has 0 spiro atoms. The minimum Gasteiger partial charge on any atom is -0.467 e. The van der Waals surface area contributed by atoms with Crippen molar-refractivity contribution in [3.8, 4) is 0 Å². The summed E-state index contributed by atoms with van der Waals surface area (Å²) in [5.74, 6) is 0.607. The highest BCUT2D eigenvalue weighted by Gasteiger charge is 2.14. The van der Waals surface area contributed by atoms with Crippen LogP contribution in [0, 0.1) is 0 Å². The molecule has 0 saturated heterocycles. The lowest BCUT2D eigenvalue weighted by atomic mass is 10.0. The Morgan fingerprint density at radius 3 is 2.58 bits per heavy atom. The number of benzene rings is 1. The van der Waals surface area contributed by atoms with Gasteiger partial charge in [-0.3, -0.25) is 0 Å². The number of furan rings is 1. The van der Waals surface area contributed by atoms with Gasteiger partial charge in [-0.25, -0.2) is 0 Å². The van der Waals surface area contributed by atoms with Crippen molar-refractivity contribution < 1.29 is 9.52 Å². The van der Waals surface area contributed by atoms with Crippen molar-refractivity contribution in [2.45, 2.75) is 31.9 Å². The van der Waals surface area contributed by atoms with E-state index in [1.807, 2.05) is 18.2 Å². The number of aliphatic hydroxyl groups is 1. The van der Waals surface area contributed by atoms with Crippen molar-refractivity contribution in [1.29, 1.82) is 0 Å². The second-order valence-electron chi connectivity index (χ2n) is 4.69. The minimum absolute atomic E-state index is 0.274. The molecule has 2 aromatic rings. The molecule has 3 heteroatoms. The molecule has 0 aliphatic carbocycles. The van der Waals surface area contributed by atoms with E-state index in [0.29, 0.717) is 12.3 Å². The van der Waals surface area contributed by atoms with Crippen LogP contribution in [0.2, 0.25) is 0 Å². The summed E-state index contributed by atoms with van der Waals surface area (Å²) in [6.45, 7) is 2.66. The monoisotopic (exact) mass is 259 g/mol. The lowest BCUT2D eigenvalue weighted by molar-refractivity contribution is 0.142. The third kappa shape index (κ3) is 3.94. The van der Waals surface area contributed by atoms with Crippen molar-refractivity contribution in [1.82, 2.24) is 5.32 Å². The summed E-state index contributed by atoms with van der Waals surface area (Å²) in [5.41, 5.74) is 1.26. The first-order valence-corrected chi connectivity index (χ1v) is 6.81. The molecule has 0 bridgehead atoms. The van der Waals surface area contributed by atoms with E-state index in [-0.39, 0.29) is 6.04 Å². The van der Waals surface area contributed by atoms with Crippen molar-refractivity contribution >= 4 is 0 Å². The Balaban J connectivity index is 1.94. The summed E-state index contributed by atoms with van der Waals surface area (Å²) < 4.78 is 5.20. The van der Waals surface area contributed by atoms with Crippen molar-refractivity contribution in [3.63, 3.8) is 0 Å². The second-order valence-corrected chi connectivity index (χ2v) is 4.69. The molecule has 2 rings (SSSR count). The van der Waals surface area contributed by atoms with E-state index in [0.717, 1.165) is 12.8 Å². The molecule has 1 heterocycles. The van der Waals surface area contributed by atoms with Gasteiger partial charge < -0.3 is 14.8 Å². The zero-order valence-corrected chi connectivity index (χ0v) is 11.3. The Labute approximate surface area is 114 Å². The van der Waals surface area contributed by atoms with Crippen molar-refractivity contribution in [2.24, 2.45) is 0 Å². The summed E-state index contributed by atoms with van der Waals surface area (Å²) in [5, 5.41) is 13.4. The summed E-state index contributed by atoms with van der Waals surface area (Å²) >= 11 is 0. The van der Waals surface area contributed by atoms with Gasteiger partial charge in [-0.2, -0.15) is 0 Å². The lowest BCUT2D eigenvalue weighted by Crippen LogP contribution is -2.26. The summed E-state index contributed by atoms with van der Waals surface area (Å²) in [4.78, 5) is 0. The van der Waals surface area contributed by atoms with Gasteiger partial charge in [0.15, 0.2) is 0 Å². The molecule has 102 valence electrons. The van der Waals surface area contributed by atoms with Gasteiger partial charge in [0.2, 0.25) is 0 Å². The number of hydrogen-bond acceptors (Lipinski definition) is 3. The van der Waals surface area contributed by atoms with Gasteiger partial charge >= 0.3 is 0 Å². The van der Waals surface area contributed by atoms with E-state index in [2.05, 4.69) is 24.4 Å². The molecule has 1 aromatic heterocycles. The Morgan fingerprint density at radius 2 is 1.95 bits per heavy atom. The average Bonchev–Trinajstić information content (AvgIpc) is 2.98. The van der Waals surface area contributed by atoms with Crippen LogP contribution in [0.4, 0.5) is 0 Å². The fraction of sp³-hybridized carbons (Fsp3) is 0.375. The molecular weight excluding hydrogens is 238 g/mol. The molecule has 0 radical (unpaired) electrons. The van der Waals surface area contributed by atoms with Crippen LogP contribution in [0.1, 0.15) is 43.2 Å². The minimum atomic E-state index is -0.599. The standard InChI is InChI=1S/C16H21NO2/c1-2-7-14(13-8-4-3-5-9-13)17-12-15(18)16-10-6-11-19-16/h3-6,8-11,14-15,17-18H,2,7,12H2,1H3. The first kappa shape index (κ1) is 13.8. The van der Waals surface area contributed by atoms with Crippen LogP contribution in [0.3, 0.4) is 0 Å². The smallest absolute Gasteiger partial charge is 0.133 e. The summed E-state index contributed by atoms with van der Waals surface area (Å²) in [6.07, 6.45) is 3.13. The molecular formula is C16H21NO2. The van der Waals surface area contributed by atoms with Crippen LogP contribution in [0.5, 0.6) is 0 Å². The van der Waals surface area contributed by atoms with E-state index >= 15 is 0 Å². The van der Waals surface area contributed by atoms with E-state index in [4.69, 9.17) is 4.42 Å². The number of rotatable bonds is 7. The normalized spacial score (nSPS) is 14.2. The highest BCUT2D eigenvalue weighted by Crippen LogP contribution is 2.20. The highest BCUT2D eigenvalue weighted by molar-refractivity contribution is 5.19. The maximum absolute atomic E-state index is 10.0. The van der Waals surface area contributed by atoms with E-state index in [1.54, 1.807) is 18.4 Å². The van der Waals surface area contributed by atoms with Gasteiger partial charge in [0, 0.05) is 12.6 Å². The third-order valence-corrected chi connectivity index (χ3v) is 3.21. The first-order chi connectivity index (χ1) is 9.31. The van der Waals surface area contributed by atoms with Gasteiger partial charge in [0.25, 0.3) is 0 Å². The summed E-state index contributed by atoms with van der Waals surface area (Å²) in [7, 11) is 0. The van der Waals surface area contributed by atoms with Crippen LogP contribution in [-0.2, 0) is 0 Å². The Hall–Kier alpha value is -1.58. The largest absolute Gasteiger partial charge is 0.467 e. The van der Waals surface area contributed by atoms with Crippen molar-refractivity contribution in [3.05, 3.63) is 60.1 Å². The number of aliphatic hydroxyl groups excluding tert-OH is 1. The van der Waals surface area contributed by atoms with Gasteiger partial charge in [-0.15, -0.1) is 0 Å². The molecule has 2 unspecified atom stereocenters.